The molecule has 1 unspecified atom stereocenters. The minimum atomic E-state index is -4.65. The number of nitrogens with zero attached hydrogens (tertiary/aromatic N) is 1. The second-order valence-electron chi connectivity index (χ2n) is 4.72. The van der Waals surface area contributed by atoms with Gasteiger partial charge in [0.2, 0.25) is 5.91 Å². The lowest BCUT2D eigenvalue weighted by Crippen LogP contribution is -2.26. The van der Waals surface area contributed by atoms with Gasteiger partial charge in [-0.2, -0.15) is 8.42 Å². The Kier molecular flexibility index (Phi) is 4.33. The number of amides is 1. The van der Waals surface area contributed by atoms with Gasteiger partial charge in [0.25, 0.3) is 0 Å². The summed E-state index contributed by atoms with van der Waals surface area (Å²) in [6, 6.07) is 4.40. The highest BCUT2D eigenvalue weighted by molar-refractivity contribution is 9.10. The van der Waals surface area contributed by atoms with Crippen LogP contribution in [0.5, 0.6) is 0 Å². The lowest BCUT2D eigenvalue weighted by Gasteiger charge is -2.19. The number of carboxylic acids is 1. The third-order valence-electron chi connectivity index (χ3n) is 3.14. The monoisotopic (exact) mass is 379 g/mol. The minimum absolute atomic E-state index is 0.0122. The zero-order chi connectivity index (χ0) is 15.8. The van der Waals surface area contributed by atoms with Gasteiger partial charge >= 0.3 is 16.2 Å². The molecule has 1 saturated heterocycles. The highest BCUT2D eigenvalue weighted by Crippen LogP contribution is 2.34. The fourth-order valence-electron chi connectivity index (χ4n) is 2.30. The highest BCUT2D eigenvalue weighted by atomic mass is 79.9. The fourth-order valence-corrected chi connectivity index (χ4v) is 3.74. The van der Waals surface area contributed by atoms with E-state index in [9.17, 15) is 21.9 Å². The van der Waals surface area contributed by atoms with Crippen molar-refractivity contribution in [3.63, 3.8) is 0 Å². The van der Waals surface area contributed by atoms with Crippen molar-refractivity contribution in [2.75, 3.05) is 17.2 Å². The van der Waals surface area contributed by atoms with Crippen LogP contribution in [0.1, 0.15) is 16.8 Å². The standard InChI is InChI=1S/C12H11BrFNO5S/c13-11-8(12(17)18)2-1-3-9(11)15-5-7(4-10(15)16)6-21(14,19)20/h1-3,7H,4-6H2,(H,17,18). The largest absolute Gasteiger partial charge is 0.478 e. The number of carboxylic acid groups (broad SMARTS) is 1. The molecule has 6 nitrogen and oxygen atoms in total. The number of anilines is 1. The van der Waals surface area contributed by atoms with Crippen molar-refractivity contribution in [2.45, 2.75) is 6.42 Å². The zero-order valence-electron chi connectivity index (χ0n) is 10.6. The molecule has 1 aliphatic heterocycles. The molecule has 1 aliphatic rings. The zero-order valence-corrected chi connectivity index (χ0v) is 13.0. The number of aromatic carboxylic acids is 1. The Morgan fingerprint density at radius 3 is 2.71 bits per heavy atom. The van der Waals surface area contributed by atoms with Crippen LogP contribution in [0.15, 0.2) is 22.7 Å². The van der Waals surface area contributed by atoms with Crippen LogP contribution >= 0.6 is 15.9 Å². The second-order valence-corrected chi connectivity index (χ2v) is 6.93. The van der Waals surface area contributed by atoms with E-state index in [-0.39, 0.29) is 28.9 Å². The Hall–Kier alpha value is -1.48. The predicted octanol–water partition coefficient (Wildman–Crippen LogP) is 1.80. The van der Waals surface area contributed by atoms with E-state index in [0.717, 1.165) is 0 Å². The first kappa shape index (κ1) is 15.9. The first-order chi connectivity index (χ1) is 9.69. The van der Waals surface area contributed by atoms with Gasteiger partial charge < -0.3 is 10.0 Å². The molecule has 0 bridgehead atoms. The molecule has 1 aromatic rings. The summed E-state index contributed by atoms with van der Waals surface area (Å²) in [6.07, 6.45) is -0.0904. The molecule has 1 heterocycles. The molecule has 0 aliphatic carbocycles. The van der Waals surface area contributed by atoms with Crippen LogP contribution in [-0.2, 0) is 15.0 Å². The molecular formula is C12H11BrFNO5S. The second kappa shape index (κ2) is 5.72. The average molecular weight is 380 g/mol. The summed E-state index contributed by atoms with van der Waals surface area (Å²) in [5.41, 5.74) is 0.320. The molecular weight excluding hydrogens is 369 g/mol. The molecule has 1 aromatic carbocycles. The van der Waals surface area contributed by atoms with Gasteiger partial charge in [-0.3, -0.25) is 4.79 Å². The average Bonchev–Trinajstić information content (AvgIpc) is 2.67. The van der Waals surface area contributed by atoms with Crippen LogP contribution in [0, 0.1) is 5.92 Å². The molecule has 1 fully saturated rings. The van der Waals surface area contributed by atoms with Gasteiger partial charge in [0, 0.05) is 18.9 Å². The van der Waals surface area contributed by atoms with E-state index in [1.54, 1.807) is 6.07 Å². The van der Waals surface area contributed by atoms with Crippen LogP contribution in [0.2, 0.25) is 0 Å². The molecule has 1 atom stereocenters. The first-order valence-corrected chi connectivity index (χ1v) is 8.28. The number of benzene rings is 1. The van der Waals surface area contributed by atoms with Gasteiger partial charge in [-0.05, 0) is 28.1 Å². The van der Waals surface area contributed by atoms with Gasteiger partial charge in [0.05, 0.1) is 21.5 Å². The van der Waals surface area contributed by atoms with E-state index in [4.69, 9.17) is 5.11 Å². The summed E-state index contributed by atoms with van der Waals surface area (Å²) >= 11 is 3.13. The third kappa shape index (κ3) is 3.59. The molecule has 0 saturated carbocycles. The first-order valence-electron chi connectivity index (χ1n) is 5.93. The molecule has 2 rings (SSSR count). The maximum atomic E-state index is 12.7. The van der Waals surface area contributed by atoms with Crippen LogP contribution in [-0.4, -0.2) is 37.7 Å². The van der Waals surface area contributed by atoms with E-state index in [2.05, 4.69) is 15.9 Å². The summed E-state index contributed by atoms with van der Waals surface area (Å²) in [7, 11) is -4.65. The van der Waals surface area contributed by atoms with E-state index >= 15 is 0 Å². The normalized spacial score (nSPS) is 19.0. The van der Waals surface area contributed by atoms with Crippen molar-refractivity contribution in [1.82, 2.24) is 0 Å². The molecule has 0 aromatic heterocycles. The van der Waals surface area contributed by atoms with Crippen molar-refractivity contribution in [3.05, 3.63) is 28.2 Å². The van der Waals surface area contributed by atoms with Crippen molar-refractivity contribution in [3.8, 4) is 0 Å². The van der Waals surface area contributed by atoms with Crippen LogP contribution < -0.4 is 4.90 Å². The predicted molar refractivity (Wildman–Crippen MR) is 76.5 cm³/mol. The third-order valence-corrected chi connectivity index (χ3v) is 4.84. The number of hydrogen-bond acceptors (Lipinski definition) is 4. The van der Waals surface area contributed by atoms with Crippen LogP contribution in [0.25, 0.3) is 0 Å². The van der Waals surface area contributed by atoms with Crippen LogP contribution in [0.4, 0.5) is 9.57 Å². The van der Waals surface area contributed by atoms with E-state index < -0.39 is 27.9 Å². The molecule has 1 N–H and O–H groups in total. The molecule has 0 spiro atoms. The smallest absolute Gasteiger partial charge is 0.336 e. The number of carbonyl (C=O) groups excluding carboxylic acids is 1. The Balaban J connectivity index is 2.29. The quantitative estimate of drug-likeness (QED) is 0.805. The van der Waals surface area contributed by atoms with Gasteiger partial charge in [-0.15, -0.1) is 3.89 Å². The molecule has 1 amide bonds. The maximum absolute atomic E-state index is 12.7. The fraction of sp³-hybridized carbons (Fsp3) is 0.333. The number of rotatable bonds is 4. The summed E-state index contributed by atoms with van der Waals surface area (Å²) < 4.78 is 34.3. The molecule has 9 heteroatoms. The minimum Gasteiger partial charge on any atom is -0.478 e. The number of halogens is 2. The molecule has 114 valence electrons. The Morgan fingerprint density at radius 2 is 2.14 bits per heavy atom. The van der Waals surface area contributed by atoms with Crippen LogP contribution in [0.3, 0.4) is 0 Å². The number of carbonyl (C=O) groups is 2. The van der Waals surface area contributed by atoms with E-state index in [1.165, 1.54) is 17.0 Å². The van der Waals surface area contributed by atoms with E-state index in [1.807, 2.05) is 0 Å². The summed E-state index contributed by atoms with van der Waals surface area (Å²) in [6.45, 7) is 0.0314. The number of hydrogen-bond donors (Lipinski definition) is 1. The summed E-state index contributed by atoms with van der Waals surface area (Å²) in [4.78, 5) is 24.3. The SMILES string of the molecule is O=C(O)c1cccc(N2CC(CS(=O)(=O)F)CC2=O)c1Br. The Bertz CT molecular complexity index is 706. The molecule has 21 heavy (non-hydrogen) atoms. The topological polar surface area (TPSA) is 91.8 Å². The molecule has 0 radical (unpaired) electrons. The van der Waals surface area contributed by atoms with Crippen molar-refractivity contribution < 1.29 is 27.0 Å². The lowest BCUT2D eigenvalue weighted by atomic mass is 10.1. The van der Waals surface area contributed by atoms with Crippen molar-refractivity contribution in [1.29, 1.82) is 0 Å². The van der Waals surface area contributed by atoms with Gasteiger partial charge in [0.15, 0.2) is 0 Å². The summed E-state index contributed by atoms with van der Waals surface area (Å²) in [5, 5.41) is 9.04. The van der Waals surface area contributed by atoms with Crippen molar-refractivity contribution in [2.24, 2.45) is 5.92 Å². The summed E-state index contributed by atoms with van der Waals surface area (Å²) in [5.74, 6) is -2.89. The lowest BCUT2D eigenvalue weighted by molar-refractivity contribution is -0.117. The Labute approximate surface area is 128 Å². The van der Waals surface area contributed by atoms with Gasteiger partial charge in [0.1, 0.15) is 0 Å². The maximum Gasteiger partial charge on any atom is 0.336 e. The van der Waals surface area contributed by atoms with Gasteiger partial charge in [-0.25, -0.2) is 4.79 Å². The van der Waals surface area contributed by atoms with Crippen molar-refractivity contribution >= 4 is 43.7 Å². The van der Waals surface area contributed by atoms with Gasteiger partial charge in [-0.1, -0.05) is 6.07 Å². The van der Waals surface area contributed by atoms with E-state index in [0.29, 0.717) is 5.69 Å². The highest BCUT2D eigenvalue weighted by Gasteiger charge is 2.34. The Morgan fingerprint density at radius 1 is 1.48 bits per heavy atom.